The zero-order valence-corrected chi connectivity index (χ0v) is 10.9. The molecule has 0 atom stereocenters. The first-order valence-electron chi connectivity index (χ1n) is 6.12. The summed E-state index contributed by atoms with van der Waals surface area (Å²) in [5, 5.41) is 7.37. The molecule has 1 aromatic heterocycles. The van der Waals surface area contributed by atoms with E-state index in [1.54, 1.807) is 6.20 Å². The zero-order chi connectivity index (χ0) is 13.7. The van der Waals surface area contributed by atoms with Gasteiger partial charge in [0.25, 0.3) is 0 Å². The van der Waals surface area contributed by atoms with Crippen LogP contribution in [0.5, 0.6) is 0 Å². The van der Waals surface area contributed by atoms with Gasteiger partial charge in [0.05, 0.1) is 5.84 Å². The Hall–Kier alpha value is -2.43. The van der Waals surface area contributed by atoms with Crippen molar-refractivity contribution >= 4 is 17.3 Å². The van der Waals surface area contributed by atoms with Crippen LogP contribution in [0, 0.1) is 12.3 Å². The molecule has 0 fully saturated rings. The van der Waals surface area contributed by atoms with Crippen molar-refractivity contribution in [1.82, 2.24) is 9.97 Å². The molecule has 2 aromatic rings. The van der Waals surface area contributed by atoms with Crippen molar-refractivity contribution in [3.63, 3.8) is 0 Å². The number of aryl methyl sites for hydroxylation is 1. The predicted octanol–water partition coefficient (Wildman–Crippen LogP) is 2.25. The molecule has 0 aliphatic carbocycles. The number of aromatic nitrogens is 2. The number of para-hydroxylation sites is 1. The SMILES string of the molecule is Cc1nccc(N(CCC(=N)N)c2ccccc2)n1. The first-order valence-corrected chi connectivity index (χ1v) is 6.12. The second-order valence-corrected chi connectivity index (χ2v) is 4.22. The van der Waals surface area contributed by atoms with Gasteiger partial charge in [-0.05, 0) is 25.1 Å². The van der Waals surface area contributed by atoms with Crippen molar-refractivity contribution in [2.75, 3.05) is 11.4 Å². The van der Waals surface area contributed by atoms with Crippen molar-refractivity contribution in [3.8, 4) is 0 Å². The third-order valence-electron chi connectivity index (χ3n) is 2.71. The molecule has 2 rings (SSSR count). The largest absolute Gasteiger partial charge is 0.388 e. The molecule has 0 bridgehead atoms. The Morgan fingerprint density at radius 1 is 1.26 bits per heavy atom. The maximum Gasteiger partial charge on any atom is 0.136 e. The molecule has 1 aromatic carbocycles. The van der Waals surface area contributed by atoms with Gasteiger partial charge in [-0.1, -0.05) is 18.2 Å². The van der Waals surface area contributed by atoms with E-state index in [2.05, 4.69) is 9.97 Å². The Balaban J connectivity index is 2.31. The van der Waals surface area contributed by atoms with Crippen LogP contribution in [0.2, 0.25) is 0 Å². The van der Waals surface area contributed by atoms with Crippen molar-refractivity contribution in [2.45, 2.75) is 13.3 Å². The van der Waals surface area contributed by atoms with Crippen LogP contribution in [0.15, 0.2) is 42.6 Å². The van der Waals surface area contributed by atoms with Crippen LogP contribution in [0.4, 0.5) is 11.5 Å². The lowest BCUT2D eigenvalue weighted by atomic mass is 10.2. The van der Waals surface area contributed by atoms with Gasteiger partial charge >= 0.3 is 0 Å². The molecule has 0 saturated heterocycles. The molecule has 5 heteroatoms. The summed E-state index contributed by atoms with van der Waals surface area (Å²) in [5.74, 6) is 1.72. The van der Waals surface area contributed by atoms with Gasteiger partial charge in [-0.2, -0.15) is 0 Å². The molecule has 0 unspecified atom stereocenters. The van der Waals surface area contributed by atoms with Gasteiger partial charge in [-0.3, -0.25) is 5.41 Å². The summed E-state index contributed by atoms with van der Waals surface area (Å²) in [5.41, 5.74) is 6.48. The fourth-order valence-corrected chi connectivity index (χ4v) is 1.81. The summed E-state index contributed by atoms with van der Waals surface area (Å²) in [6, 6.07) is 11.8. The van der Waals surface area contributed by atoms with Crippen LogP contribution >= 0.6 is 0 Å². The van der Waals surface area contributed by atoms with Crippen molar-refractivity contribution in [1.29, 1.82) is 5.41 Å². The third kappa shape index (κ3) is 3.51. The molecular weight excluding hydrogens is 238 g/mol. The predicted molar refractivity (Wildman–Crippen MR) is 76.7 cm³/mol. The van der Waals surface area contributed by atoms with E-state index >= 15 is 0 Å². The van der Waals surface area contributed by atoms with Crippen molar-refractivity contribution in [2.24, 2.45) is 5.73 Å². The van der Waals surface area contributed by atoms with E-state index in [1.807, 2.05) is 48.2 Å². The maximum atomic E-state index is 7.37. The highest BCUT2D eigenvalue weighted by atomic mass is 15.2. The van der Waals surface area contributed by atoms with Gasteiger partial charge in [0.2, 0.25) is 0 Å². The first-order chi connectivity index (χ1) is 9.16. The molecular formula is C14H17N5. The van der Waals surface area contributed by atoms with E-state index in [0.29, 0.717) is 13.0 Å². The fraction of sp³-hybridized carbons (Fsp3) is 0.214. The average Bonchev–Trinajstić information content (AvgIpc) is 2.40. The molecule has 3 N–H and O–H groups in total. The number of rotatable bonds is 5. The number of anilines is 2. The first kappa shape index (κ1) is 13.0. The fourth-order valence-electron chi connectivity index (χ4n) is 1.81. The number of amidine groups is 1. The van der Waals surface area contributed by atoms with E-state index in [-0.39, 0.29) is 5.84 Å². The van der Waals surface area contributed by atoms with Gasteiger partial charge < -0.3 is 10.6 Å². The van der Waals surface area contributed by atoms with Crippen LogP contribution in [0.25, 0.3) is 0 Å². The van der Waals surface area contributed by atoms with E-state index < -0.39 is 0 Å². The van der Waals surface area contributed by atoms with Crippen LogP contribution in [-0.2, 0) is 0 Å². The number of nitrogens with one attached hydrogen (secondary N) is 1. The number of hydrogen-bond acceptors (Lipinski definition) is 4. The monoisotopic (exact) mass is 255 g/mol. The molecule has 19 heavy (non-hydrogen) atoms. The van der Waals surface area contributed by atoms with E-state index in [1.165, 1.54) is 0 Å². The lowest BCUT2D eigenvalue weighted by molar-refractivity contribution is 0.912. The Morgan fingerprint density at radius 2 is 2.00 bits per heavy atom. The average molecular weight is 255 g/mol. The molecule has 0 aliphatic heterocycles. The highest BCUT2D eigenvalue weighted by Gasteiger charge is 2.11. The van der Waals surface area contributed by atoms with Crippen molar-refractivity contribution < 1.29 is 0 Å². The molecule has 0 spiro atoms. The van der Waals surface area contributed by atoms with Crippen LogP contribution < -0.4 is 10.6 Å². The van der Waals surface area contributed by atoms with Gasteiger partial charge in [-0.25, -0.2) is 9.97 Å². The number of nitrogens with two attached hydrogens (primary N) is 1. The van der Waals surface area contributed by atoms with E-state index in [4.69, 9.17) is 11.1 Å². The highest BCUT2D eigenvalue weighted by molar-refractivity contribution is 5.78. The Labute approximate surface area is 112 Å². The Bertz CT molecular complexity index is 553. The summed E-state index contributed by atoms with van der Waals surface area (Å²) >= 11 is 0. The van der Waals surface area contributed by atoms with Crippen LogP contribution in [-0.4, -0.2) is 22.3 Å². The summed E-state index contributed by atoms with van der Waals surface area (Å²) in [7, 11) is 0. The smallest absolute Gasteiger partial charge is 0.136 e. The molecule has 98 valence electrons. The summed E-state index contributed by atoms with van der Waals surface area (Å²) in [6.45, 7) is 2.48. The topological polar surface area (TPSA) is 78.9 Å². The minimum absolute atomic E-state index is 0.173. The quantitative estimate of drug-likeness (QED) is 0.634. The molecule has 5 nitrogen and oxygen atoms in total. The summed E-state index contributed by atoms with van der Waals surface area (Å²) in [4.78, 5) is 10.6. The Morgan fingerprint density at radius 3 is 2.63 bits per heavy atom. The minimum atomic E-state index is 0.173. The lowest BCUT2D eigenvalue weighted by Crippen LogP contribution is -2.24. The van der Waals surface area contributed by atoms with Gasteiger partial charge in [-0.15, -0.1) is 0 Å². The van der Waals surface area contributed by atoms with E-state index in [9.17, 15) is 0 Å². The standard InChI is InChI=1S/C14H17N5/c1-11-17-9-7-14(18-11)19(10-8-13(15)16)12-5-3-2-4-6-12/h2-7,9H,8,10H2,1H3,(H3,15,16). The van der Waals surface area contributed by atoms with Crippen LogP contribution in [0.3, 0.4) is 0 Å². The highest BCUT2D eigenvalue weighted by Crippen LogP contribution is 2.23. The summed E-state index contributed by atoms with van der Waals surface area (Å²) < 4.78 is 0. The van der Waals surface area contributed by atoms with Crippen molar-refractivity contribution in [3.05, 3.63) is 48.4 Å². The van der Waals surface area contributed by atoms with Gasteiger partial charge in [0.1, 0.15) is 11.6 Å². The molecule has 0 aliphatic rings. The Kier molecular flexibility index (Phi) is 4.07. The molecule has 0 radical (unpaired) electrons. The minimum Gasteiger partial charge on any atom is -0.388 e. The molecule has 0 saturated carbocycles. The normalized spacial score (nSPS) is 10.2. The summed E-state index contributed by atoms with van der Waals surface area (Å²) in [6.07, 6.45) is 2.24. The third-order valence-corrected chi connectivity index (χ3v) is 2.71. The number of hydrogen-bond donors (Lipinski definition) is 2. The maximum absolute atomic E-state index is 7.37. The van der Waals surface area contributed by atoms with E-state index in [0.717, 1.165) is 17.3 Å². The molecule has 0 amide bonds. The van der Waals surface area contributed by atoms with Gasteiger partial charge in [0.15, 0.2) is 0 Å². The second-order valence-electron chi connectivity index (χ2n) is 4.22. The van der Waals surface area contributed by atoms with Crippen LogP contribution in [0.1, 0.15) is 12.2 Å². The zero-order valence-electron chi connectivity index (χ0n) is 10.9. The lowest BCUT2D eigenvalue weighted by Gasteiger charge is -2.23. The van der Waals surface area contributed by atoms with Gasteiger partial charge in [0, 0.05) is 24.8 Å². The number of nitrogens with zero attached hydrogens (tertiary/aromatic N) is 3. The molecule has 1 heterocycles. The second kappa shape index (κ2) is 5.95. The number of benzene rings is 1.